The fourth-order valence-electron chi connectivity index (χ4n) is 2.19. The van der Waals surface area contributed by atoms with Crippen LogP contribution in [-0.2, 0) is 14.6 Å². The standard InChI is InChI=1S/C16H9ClF6N2O6S2/c17-10-3-2-9(33(29,30)16(21,22)23)6-11(10)24-14(26)7-31-13-4-1-8(32-15(18,19)20)5-12(13)25(27)28/h1-6H,7H2,(H,24,26). The fraction of sp³-hybridized carbons (Fsp3) is 0.188. The number of nitrogens with zero attached hydrogens (tertiary/aromatic N) is 1. The minimum Gasteiger partial charge on any atom is -0.477 e. The van der Waals surface area contributed by atoms with Gasteiger partial charge in [-0.05, 0) is 42.1 Å². The van der Waals surface area contributed by atoms with Crippen molar-refractivity contribution in [3.05, 3.63) is 51.5 Å². The predicted octanol–water partition coefficient (Wildman–Crippen LogP) is 5.17. The highest BCUT2D eigenvalue weighted by atomic mass is 35.5. The van der Waals surface area contributed by atoms with Crippen LogP contribution in [0.15, 0.2) is 46.2 Å². The summed E-state index contributed by atoms with van der Waals surface area (Å²) in [4.78, 5) is 20.4. The van der Waals surface area contributed by atoms with Gasteiger partial charge in [0.05, 0.1) is 20.5 Å². The first-order valence-corrected chi connectivity index (χ1v) is 10.8. The Bertz CT molecular complexity index is 1190. The number of ether oxygens (including phenoxy) is 1. The molecule has 180 valence electrons. The van der Waals surface area contributed by atoms with Crippen molar-refractivity contribution in [1.82, 2.24) is 0 Å². The predicted molar refractivity (Wildman–Crippen MR) is 104 cm³/mol. The van der Waals surface area contributed by atoms with E-state index in [0.29, 0.717) is 18.2 Å². The molecule has 0 aliphatic rings. The van der Waals surface area contributed by atoms with Gasteiger partial charge in [-0.1, -0.05) is 11.6 Å². The summed E-state index contributed by atoms with van der Waals surface area (Å²) < 4.78 is 103. The summed E-state index contributed by atoms with van der Waals surface area (Å²) in [6, 6.07) is 4.08. The van der Waals surface area contributed by atoms with Gasteiger partial charge >= 0.3 is 16.7 Å². The molecule has 0 saturated heterocycles. The Labute approximate surface area is 189 Å². The lowest BCUT2D eigenvalue weighted by molar-refractivity contribution is -0.386. The van der Waals surface area contributed by atoms with Crippen LogP contribution in [0.3, 0.4) is 0 Å². The molecule has 17 heteroatoms. The molecule has 0 bridgehead atoms. The van der Waals surface area contributed by atoms with E-state index < -0.39 is 77.0 Å². The fourth-order valence-corrected chi connectivity index (χ4v) is 3.72. The van der Waals surface area contributed by atoms with Crippen LogP contribution in [0.1, 0.15) is 0 Å². The lowest BCUT2D eigenvalue weighted by atomic mass is 10.3. The molecule has 0 saturated carbocycles. The van der Waals surface area contributed by atoms with Crippen molar-refractivity contribution in [2.45, 2.75) is 20.8 Å². The van der Waals surface area contributed by atoms with Crippen LogP contribution in [0.25, 0.3) is 0 Å². The molecule has 0 spiro atoms. The number of carbonyl (C=O) groups excluding carboxylic acids is 1. The Morgan fingerprint density at radius 1 is 1.12 bits per heavy atom. The largest absolute Gasteiger partial charge is 0.501 e. The molecule has 0 heterocycles. The van der Waals surface area contributed by atoms with Crippen LogP contribution < -0.4 is 10.1 Å². The van der Waals surface area contributed by atoms with Crippen molar-refractivity contribution in [1.29, 1.82) is 0 Å². The number of halogens is 7. The first-order chi connectivity index (χ1) is 15.0. The van der Waals surface area contributed by atoms with Gasteiger partial charge in [-0.25, -0.2) is 8.42 Å². The number of nitrogens with one attached hydrogen (secondary N) is 1. The molecule has 0 aliphatic heterocycles. The monoisotopic (exact) mass is 538 g/mol. The molecule has 0 aliphatic carbocycles. The molecule has 2 aromatic carbocycles. The number of benzene rings is 2. The SMILES string of the molecule is O=C(COc1ccc(SC(F)(F)F)cc1[N+](=O)[O-])Nc1cc(S(=O)(=O)C(F)(F)F)ccc1Cl. The third kappa shape index (κ3) is 6.88. The van der Waals surface area contributed by atoms with E-state index in [-0.39, 0.29) is 5.02 Å². The lowest BCUT2D eigenvalue weighted by Gasteiger charge is -2.12. The molecule has 0 aromatic heterocycles. The zero-order valence-corrected chi connectivity index (χ0v) is 17.9. The number of rotatable bonds is 7. The number of anilines is 1. The molecule has 0 radical (unpaired) electrons. The molecular weight excluding hydrogens is 530 g/mol. The van der Waals surface area contributed by atoms with E-state index in [4.69, 9.17) is 16.3 Å². The molecule has 33 heavy (non-hydrogen) atoms. The highest BCUT2D eigenvalue weighted by Gasteiger charge is 2.47. The van der Waals surface area contributed by atoms with Crippen LogP contribution in [-0.4, -0.2) is 36.9 Å². The topological polar surface area (TPSA) is 116 Å². The quantitative estimate of drug-likeness (QED) is 0.224. The van der Waals surface area contributed by atoms with Gasteiger partial charge in [-0.2, -0.15) is 26.3 Å². The smallest absolute Gasteiger partial charge is 0.477 e. The second-order valence-corrected chi connectivity index (χ2v) is 9.35. The van der Waals surface area contributed by atoms with E-state index in [9.17, 15) is 49.7 Å². The van der Waals surface area contributed by atoms with Gasteiger partial charge in [0.15, 0.2) is 12.4 Å². The highest BCUT2D eigenvalue weighted by Crippen LogP contribution is 2.40. The Kier molecular flexibility index (Phi) is 7.75. The maximum atomic E-state index is 12.7. The number of thioether (sulfide) groups is 1. The van der Waals surface area contributed by atoms with Crippen molar-refractivity contribution in [3.8, 4) is 5.75 Å². The average molecular weight is 539 g/mol. The van der Waals surface area contributed by atoms with Gasteiger partial charge in [-0.3, -0.25) is 14.9 Å². The van der Waals surface area contributed by atoms with Crippen molar-refractivity contribution in [2.75, 3.05) is 11.9 Å². The molecule has 2 aromatic rings. The van der Waals surface area contributed by atoms with Crippen LogP contribution >= 0.6 is 23.4 Å². The van der Waals surface area contributed by atoms with Gasteiger partial charge in [0.25, 0.3) is 15.7 Å². The van der Waals surface area contributed by atoms with Gasteiger partial charge < -0.3 is 10.1 Å². The van der Waals surface area contributed by atoms with Gasteiger partial charge in [0.2, 0.25) is 0 Å². The molecule has 8 nitrogen and oxygen atoms in total. The third-order valence-electron chi connectivity index (χ3n) is 3.55. The molecule has 1 N–H and O–H groups in total. The van der Waals surface area contributed by atoms with E-state index in [1.807, 2.05) is 5.32 Å². The minimum atomic E-state index is -5.74. The van der Waals surface area contributed by atoms with E-state index in [1.54, 1.807) is 0 Å². The summed E-state index contributed by atoms with van der Waals surface area (Å²) in [6.07, 6.45) is 0. The number of alkyl halides is 6. The van der Waals surface area contributed by atoms with Gasteiger partial charge in [0, 0.05) is 11.0 Å². The van der Waals surface area contributed by atoms with Crippen molar-refractivity contribution >= 4 is 50.5 Å². The Hall–Kier alpha value is -2.72. The first kappa shape index (κ1) is 26.5. The number of hydrogen-bond acceptors (Lipinski definition) is 7. The van der Waals surface area contributed by atoms with Crippen LogP contribution in [0.2, 0.25) is 5.02 Å². The molecule has 0 unspecified atom stereocenters. The van der Waals surface area contributed by atoms with Gasteiger partial charge in [0.1, 0.15) is 0 Å². The average Bonchev–Trinajstić information content (AvgIpc) is 2.66. The van der Waals surface area contributed by atoms with Crippen molar-refractivity contribution < 1.29 is 49.2 Å². The third-order valence-corrected chi connectivity index (χ3v) is 6.08. The zero-order chi connectivity index (χ0) is 25.2. The number of amides is 1. The minimum absolute atomic E-state index is 0.330. The number of carbonyl (C=O) groups is 1. The second kappa shape index (κ2) is 9.64. The Morgan fingerprint density at radius 2 is 1.76 bits per heavy atom. The van der Waals surface area contributed by atoms with E-state index in [2.05, 4.69) is 0 Å². The number of nitro benzene ring substituents is 1. The maximum Gasteiger partial charge on any atom is 0.501 e. The summed E-state index contributed by atoms with van der Waals surface area (Å²) in [5.41, 5.74) is -11.7. The van der Waals surface area contributed by atoms with Gasteiger partial charge in [-0.15, -0.1) is 0 Å². The Morgan fingerprint density at radius 3 is 2.30 bits per heavy atom. The Balaban J connectivity index is 2.18. The van der Waals surface area contributed by atoms with Crippen LogP contribution in [0.4, 0.5) is 37.7 Å². The maximum absolute atomic E-state index is 12.7. The number of sulfone groups is 1. The van der Waals surface area contributed by atoms with Crippen molar-refractivity contribution in [3.63, 3.8) is 0 Å². The summed E-state index contributed by atoms with van der Waals surface area (Å²) in [6.45, 7) is -0.973. The molecule has 2 rings (SSSR count). The number of nitro groups is 1. The highest BCUT2D eigenvalue weighted by molar-refractivity contribution is 8.00. The molecule has 0 fully saturated rings. The van der Waals surface area contributed by atoms with Crippen LogP contribution in [0, 0.1) is 10.1 Å². The summed E-state index contributed by atoms with van der Waals surface area (Å²) in [7, 11) is -5.74. The normalized spacial score (nSPS) is 12.3. The van der Waals surface area contributed by atoms with Crippen molar-refractivity contribution in [2.24, 2.45) is 0 Å². The van der Waals surface area contributed by atoms with Crippen LogP contribution in [0.5, 0.6) is 5.75 Å². The first-order valence-electron chi connectivity index (χ1n) is 8.09. The molecule has 0 atom stereocenters. The molecule has 1 amide bonds. The van der Waals surface area contributed by atoms with E-state index in [0.717, 1.165) is 18.2 Å². The summed E-state index contributed by atoms with van der Waals surface area (Å²) >= 11 is 5.13. The summed E-state index contributed by atoms with van der Waals surface area (Å²) in [5.74, 6) is -1.68. The van der Waals surface area contributed by atoms with E-state index >= 15 is 0 Å². The zero-order valence-electron chi connectivity index (χ0n) is 15.5. The summed E-state index contributed by atoms with van der Waals surface area (Å²) in [5, 5.41) is 12.8. The number of hydrogen-bond donors (Lipinski definition) is 1. The molecular formula is C16H9ClF6N2O6S2. The second-order valence-electron chi connectivity index (χ2n) is 5.86. The van der Waals surface area contributed by atoms with E-state index in [1.165, 1.54) is 0 Å². The lowest BCUT2D eigenvalue weighted by Crippen LogP contribution is -2.24.